The van der Waals surface area contributed by atoms with Gasteiger partial charge in [0, 0.05) is 18.4 Å². The quantitative estimate of drug-likeness (QED) is 0.607. The number of hydrogen-bond donors (Lipinski definition) is 2. The molecule has 28 heavy (non-hydrogen) atoms. The molecule has 0 fully saturated rings. The van der Waals surface area contributed by atoms with Gasteiger partial charge < -0.3 is 15.2 Å². The van der Waals surface area contributed by atoms with Crippen molar-refractivity contribution in [1.29, 1.82) is 0 Å². The Kier molecular flexibility index (Phi) is 6.51. The van der Waals surface area contributed by atoms with Crippen LogP contribution in [0.25, 0.3) is 11.0 Å². The fraction of sp³-hybridized carbons (Fsp3) is 0.400. The highest BCUT2D eigenvalue weighted by Gasteiger charge is 2.20. The molecule has 8 heteroatoms. The molecule has 2 heterocycles. The lowest BCUT2D eigenvalue weighted by Crippen LogP contribution is -2.40. The third-order valence-corrected chi connectivity index (χ3v) is 5.16. The van der Waals surface area contributed by atoms with Gasteiger partial charge in [-0.15, -0.1) is 0 Å². The summed E-state index contributed by atoms with van der Waals surface area (Å²) >= 11 is 1.71. The minimum atomic E-state index is -0.400. The van der Waals surface area contributed by atoms with Crippen molar-refractivity contribution in [3.8, 4) is 0 Å². The molecule has 2 N–H and O–H groups in total. The molecule has 0 bridgehead atoms. The van der Waals surface area contributed by atoms with E-state index in [-0.39, 0.29) is 5.91 Å². The topological polar surface area (TPSA) is 84.7 Å². The van der Waals surface area contributed by atoms with Crippen LogP contribution in [-0.4, -0.2) is 43.5 Å². The van der Waals surface area contributed by atoms with Crippen molar-refractivity contribution >= 4 is 34.7 Å². The molecule has 0 saturated heterocycles. The molecule has 3 rings (SSSR count). The van der Waals surface area contributed by atoms with Crippen molar-refractivity contribution in [3.63, 3.8) is 0 Å². The number of aromatic nitrogens is 4. The second-order valence-corrected chi connectivity index (χ2v) is 7.73. The number of fused-ring (bicyclic) bond motifs is 1. The van der Waals surface area contributed by atoms with E-state index in [0.717, 1.165) is 34.0 Å². The fourth-order valence-electron chi connectivity index (χ4n) is 3.09. The van der Waals surface area contributed by atoms with Crippen LogP contribution in [0.3, 0.4) is 0 Å². The number of para-hydroxylation sites is 2. The number of carbonyl (C=O) groups is 1. The largest absolute Gasteiger partial charge is 0.347 e. The first-order chi connectivity index (χ1) is 13.5. The number of aryl methyl sites for hydroxylation is 3. The monoisotopic (exact) mass is 398 g/mol. The van der Waals surface area contributed by atoms with Crippen molar-refractivity contribution in [1.82, 2.24) is 24.8 Å². The molecule has 1 atom stereocenters. The SMILES string of the molecule is CSCC[C@@H](Nc1nc(C)cc(C)n1)C(=O)NCc1nc2ccccc2n1C. The van der Waals surface area contributed by atoms with E-state index < -0.39 is 6.04 Å². The van der Waals surface area contributed by atoms with Gasteiger partial charge in [-0.3, -0.25) is 4.79 Å². The standard InChI is InChI=1S/C20H26N6OS/c1-13-11-14(2)23-20(22-13)25-16(9-10-28-4)19(27)21-12-18-24-15-7-5-6-8-17(15)26(18)3/h5-8,11,16H,9-10,12H2,1-4H3,(H,21,27)(H,22,23,25)/t16-/m1/s1. The number of carbonyl (C=O) groups excluding carboxylic acids is 1. The summed E-state index contributed by atoms with van der Waals surface area (Å²) in [6.07, 6.45) is 2.72. The number of imidazole rings is 1. The van der Waals surface area contributed by atoms with Crippen LogP contribution >= 0.6 is 11.8 Å². The van der Waals surface area contributed by atoms with Gasteiger partial charge in [-0.05, 0) is 50.5 Å². The Labute approximate surface area is 169 Å². The van der Waals surface area contributed by atoms with Crippen molar-refractivity contribution < 1.29 is 4.79 Å². The molecule has 0 aliphatic carbocycles. The number of hydrogen-bond acceptors (Lipinski definition) is 6. The van der Waals surface area contributed by atoms with Crippen molar-refractivity contribution in [2.75, 3.05) is 17.3 Å². The molecule has 3 aromatic rings. The third kappa shape index (κ3) is 4.81. The van der Waals surface area contributed by atoms with Crippen LogP contribution < -0.4 is 10.6 Å². The van der Waals surface area contributed by atoms with Gasteiger partial charge in [-0.2, -0.15) is 11.8 Å². The summed E-state index contributed by atoms with van der Waals surface area (Å²) in [7, 11) is 1.96. The van der Waals surface area contributed by atoms with E-state index in [0.29, 0.717) is 18.9 Å². The molecule has 0 aliphatic rings. The highest BCUT2D eigenvalue weighted by atomic mass is 32.2. The van der Waals surface area contributed by atoms with Crippen LogP contribution in [0.5, 0.6) is 0 Å². The van der Waals surface area contributed by atoms with Crippen molar-refractivity contribution in [2.45, 2.75) is 32.9 Å². The Morgan fingerprint density at radius 2 is 1.89 bits per heavy atom. The summed E-state index contributed by atoms with van der Waals surface area (Å²) in [6, 6.07) is 9.45. The molecule has 148 valence electrons. The van der Waals surface area contributed by atoms with E-state index in [2.05, 4.69) is 25.6 Å². The van der Waals surface area contributed by atoms with Gasteiger partial charge in [0.1, 0.15) is 11.9 Å². The Balaban J connectivity index is 1.70. The summed E-state index contributed by atoms with van der Waals surface area (Å²) in [5.41, 5.74) is 3.72. The minimum absolute atomic E-state index is 0.0798. The summed E-state index contributed by atoms with van der Waals surface area (Å²) in [5.74, 6) is 2.09. The molecule has 0 unspecified atom stereocenters. The van der Waals surface area contributed by atoms with Gasteiger partial charge in [-0.25, -0.2) is 15.0 Å². The Bertz CT molecular complexity index is 950. The average molecular weight is 399 g/mol. The molecular formula is C20H26N6OS. The van der Waals surface area contributed by atoms with E-state index in [4.69, 9.17) is 0 Å². The molecule has 0 radical (unpaired) electrons. The van der Waals surface area contributed by atoms with Gasteiger partial charge in [0.05, 0.1) is 17.6 Å². The third-order valence-electron chi connectivity index (χ3n) is 4.51. The molecule has 0 saturated carbocycles. The second-order valence-electron chi connectivity index (χ2n) is 6.75. The van der Waals surface area contributed by atoms with Crippen molar-refractivity contribution in [2.24, 2.45) is 7.05 Å². The maximum absolute atomic E-state index is 12.8. The first kappa shape index (κ1) is 20.1. The molecule has 0 aliphatic heterocycles. The van der Waals surface area contributed by atoms with Gasteiger partial charge in [0.2, 0.25) is 11.9 Å². The number of anilines is 1. The molecule has 7 nitrogen and oxygen atoms in total. The molecule has 0 spiro atoms. The Hall–Kier alpha value is -2.61. The summed E-state index contributed by atoms with van der Waals surface area (Å²) in [6.45, 7) is 4.21. The first-order valence-electron chi connectivity index (χ1n) is 9.23. The number of amides is 1. The lowest BCUT2D eigenvalue weighted by Gasteiger charge is -2.18. The molecule has 2 aromatic heterocycles. The van der Waals surface area contributed by atoms with E-state index in [1.807, 2.05) is 62.0 Å². The second kappa shape index (κ2) is 9.05. The van der Waals surface area contributed by atoms with Crippen LogP contribution in [0.4, 0.5) is 5.95 Å². The zero-order chi connectivity index (χ0) is 20.1. The Morgan fingerprint density at radius 3 is 2.57 bits per heavy atom. The summed E-state index contributed by atoms with van der Waals surface area (Å²) in [5, 5.41) is 6.21. The number of benzene rings is 1. The van der Waals surface area contributed by atoms with Crippen LogP contribution in [0.15, 0.2) is 30.3 Å². The van der Waals surface area contributed by atoms with Gasteiger partial charge in [0.15, 0.2) is 0 Å². The molecular weight excluding hydrogens is 372 g/mol. The smallest absolute Gasteiger partial charge is 0.242 e. The maximum Gasteiger partial charge on any atom is 0.242 e. The van der Waals surface area contributed by atoms with Crippen LogP contribution in [0, 0.1) is 13.8 Å². The zero-order valence-electron chi connectivity index (χ0n) is 16.7. The predicted molar refractivity (Wildman–Crippen MR) is 114 cm³/mol. The lowest BCUT2D eigenvalue weighted by molar-refractivity contribution is -0.122. The van der Waals surface area contributed by atoms with Gasteiger partial charge in [0.25, 0.3) is 0 Å². The highest BCUT2D eigenvalue weighted by Crippen LogP contribution is 2.14. The van der Waals surface area contributed by atoms with Gasteiger partial charge in [-0.1, -0.05) is 12.1 Å². The van der Waals surface area contributed by atoms with Crippen LogP contribution in [-0.2, 0) is 18.4 Å². The van der Waals surface area contributed by atoms with Gasteiger partial charge >= 0.3 is 0 Å². The Morgan fingerprint density at radius 1 is 1.18 bits per heavy atom. The predicted octanol–water partition coefficient (Wildman–Crippen LogP) is 2.83. The van der Waals surface area contributed by atoms with E-state index in [1.54, 1.807) is 11.8 Å². The van der Waals surface area contributed by atoms with E-state index in [1.165, 1.54) is 0 Å². The van der Waals surface area contributed by atoms with E-state index in [9.17, 15) is 4.79 Å². The summed E-state index contributed by atoms with van der Waals surface area (Å²) in [4.78, 5) is 26.3. The number of thioether (sulfide) groups is 1. The molecule has 1 amide bonds. The number of rotatable bonds is 8. The fourth-order valence-corrected chi connectivity index (χ4v) is 3.57. The summed E-state index contributed by atoms with van der Waals surface area (Å²) < 4.78 is 2.01. The number of nitrogens with one attached hydrogen (secondary N) is 2. The van der Waals surface area contributed by atoms with Crippen molar-refractivity contribution in [3.05, 3.63) is 47.5 Å². The molecule has 1 aromatic carbocycles. The van der Waals surface area contributed by atoms with Crippen LogP contribution in [0.2, 0.25) is 0 Å². The highest BCUT2D eigenvalue weighted by molar-refractivity contribution is 7.98. The average Bonchev–Trinajstić information content (AvgIpc) is 2.98. The lowest BCUT2D eigenvalue weighted by atomic mass is 10.2. The van der Waals surface area contributed by atoms with Crippen LogP contribution in [0.1, 0.15) is 23.6 Å². The minimum Gasteiger partial charge on any atom is -0.347 e. The van der Waals surface area contributed by atoms with E-state index >= 15 is 0 Å². The zero-order valence-corrected chi connectivity index (χ0v) is 17.5. The normalized spacial score (nSPS) is 12.1. The number of nitrogens with zero attached hydrogens (tertiary/aromatic N) is 4. The maximum atomic E-state index is 12.8. The first-order valence-corrected chi connectivity index (χ1v) is 10.6.